The molecule has 1 aliphatic heterocycles. The number of anilines is 1. The molecule has 150 valence electrons. The molecule has 6 nitrogen and oxygen atoms in total. The molecular formula is C22H15ClFN3O3. The zero-order chi connectivity index (χ0) is 21.3. The number of rotatable bonds is 4. The number of aromatic nitrogens is 1. The lowest BCUT2D eigenvalue weighted by Crippen LogP contribution is -2.54. The quantitative estimate of drug-likeness (QED) is 0.509. The number of nitrogens with one attached hydrogen (secondary N) is 1. The van der Waals surface area contributed by atoms with Crippen LogP contribution in [-0.4, -0.2) is 22.4 Å². The van der Waals surface area contributed by atoms with Crippen LogP contribution in [-0.2, 0) is 16.1 Å². The minimum Gasteiger partial charge on any atom is -0.343 e. The van der Waals surface area contributed by atoms with Crippen LogP contribution >= 0.6 is 11.6 Å². The topological polar surface area (TPSA) is 71.4 Å². The molecule has 1 aliphatic rings. The van der Waals surface area contributed by atoms with Crippen LogP contribution in [0.15, 0.2) is 72.4 Å². The van der Waals surface area contributed by atoms with Gasteiger partial charge in [-0.3, -0.25) is 14.9 Å². The van der Waals surface area contributed by atoms with Crippen LogP contribution in [0, 0.1) is 5.82 Å². The van der Waals surface area contributed by atoms with Crippen LogP contribution in [0.4, 0.5) is 14.9 Å². The Labute approximate surface area is 176 Å². The van der Waals surface area contributed by atoms with Crippen molar-refractivity contribution >= 4 is 41.2 Å². The number of nitrogens with zero attached hydrogens (tertiary/aromatic N) is 2. The Kier molecular flexibility index (Phi) is 5.20. The third-order valence-electron chi connectivity index (χ3n) is 4.64. The van der Waals surface area contributed by atoms with Crippen molar-refractivity contribution in [2.24, 2.45) is 0 Å². The zero-order valence-electron chi connectivity index (χ0n) is 15.5. The average molecular weight is 424 g/mol. The Morgan fingerprint density at radius 1 is 0.967 bits per heavy atom. The summed E-state index contributed by atoms with van der Waals surface area (Å²) < 4.78 is 15.0. The van der Waals surface area contributed by atoms with Gasteiger partial charge in [0.05, 0.1) is 5.69 Å². The smallest absolute Gasteiger partial charge is 0.335 e. The van der Waals surface area contributed by atoms with Gasteiger partial charge in [-0.1, -0.05) is 29.8 Å². The lowest BCUT2D eigenvalue weighted by atomic mass is 10.1. The number of barbiturate groups is 1. The molecule has 2 heterocycles. The van der Waals surface area contributed by atoms with Gasteiger partial charge in [-0.2, -0.15) is 0 Å². The van der Waals surface area contributed by atoms with Crippen LogP contribution < -0.4 is 10.2 Å². The van der Waals surface area contributed by atoms with Gasteiger partial charge in [0.2, 0.25) is 0 Å². The predicted octanol–water partition coefficient (Wildman–Crippen LogP) is 4.00. The van der Waals surface area contributed by atoms with Crippen molar-refractivity contribution in [1.29, 1.82) is 0 Å². The van der Waals surface area contributed by atoms with E-state index >= 15 is 0 Å². The van der Waals surface area contributed by atoms with Crippen LogP contribution in [0.3, 0.4) is 0 Å². The second kappa shape index (κ2) is 7.96. The standard InChI is InChI=1S/C22H15ClFN3O3/c23-19-6-2-1-4-14(19)13-26-11-3-5-17(26)12-18-20(28)25-22(30)27(21(18)29)16-9-7-15(24)8-10-16/h1-12H,13H2,(H,25,28,30)/b18-12+. The number of halogens is 2. The molecule has 0 spiro atoms. The molecule has 0 radical (unpaired) electrons. The van der Waals surface area contributed by atoms with Crippen molar-refractivity contribution in [3.05, 3.63) is 94.5 Å². The van der Waals surface area contributed by atoms with Crippen molar-refractivity contribution in [3.8, 4) is 0 Å². The van der Waals surface area contributed by atoms with E-state index in [0.29, 0.717) is 17.3 Å². The number of carbonyl (C=O) groups excluding carboxylic acids is 3. The number of carbonyl (C=O) groups is 3. The summed E-state index contributed by atoms with van der Waals surface area (Å²) in [5, 5.41) is 2.75. The Hall–Kier alpha value is -3.71. The van der Waals surface area contributed by atoms with E-state index in [1.807, 2.05) is 22.8 Å². The maximum absolute atomic E-state index is 13.2. The van der Waals surface area contributed by atoms with Gasteiger partial charge in [0.25, 0.3) is 11.8 Å². The lowest BCUT2D eigenvalue weighted by Gasteiger charge is -2.26. The fourth-order valence-corrected chi connectivity index (χ4v) is 3.34. The summed E-state index contributed by atoms with van der Waals surface area (Å²) in [6.07, 6.45) is 3.21. The van der Waals surface area contributed by atoms with E-state index in [0.717, 1.165) is 22.6 Å². The summed E-state index contributed by atoms with van der Waals surface area (Å²) in [6, 6.07) is 14.8. The van der Waals surface area contributed by atoms with Crippen molar-refractivity contribution in [1.82, 2.24) is 9.88 Å². The van der Waals surface area contributed by atoms with Gasteiger partial charge in [0.15, 0.2) is 0 Å². The SMILES string of the molecule is O=C1NC(=O)N(c2ccc(F)cc2)C(=O)/C1=C/c1cccn1Cc1ccccc1Cl. The summed E-state index contributed by atoms with van der Waals surface area (Å²) in [4.78, 5) is 38.3. The van der Waals surface area contributed by atoms with E-state index in [-0.39, 0.29) is 11.3 Å². The van der Waals surface area contributed by atoms with Gasteiger partial charge >= 0.3 is 6.03 Å². The monoisotopic (exact) mass is 423 g/mol. The highest BCUT2D eigenvalue weighted by molar-refractivity contribution is 6.39. The summed E-state index contributed by atoms with van der Waals surface area (Å²) >= 11 is 6.23. The van der Waals surface area contributed by atoms with Gasteiger partial charge in [-0.05, 0) is 54.1 Å². The third kappa shape index (κ3) is 3.75. The maximum atomic E-state index is 13.2. The highest BCUT2D eigenvalue weighted by Crippen LogP contribution is 2.23. The minimum absolute atomic E-state index is 0.156. The highest BCUT2D eigenvalue weighted by Gasteiger charge is 2.37. The Morgan fingerprint density at radius 2 is 1.70 bits per heavy atom. The minimum atomic E-state index is -0.889. The summed E-state index contributed by atoms with van der Waals surface area (Å²) in [5.41, 5.74) is 1.40. The molecule has 8 heteroatoms. The number of amides is 4. The van der Waals surface area contributed by atoms with Crippen molar-refractivity contribution in [2.45, 2.75) is 6.54 Å². The zero-order valence-corrected chi connectivity index (χ0v) is 16.3. The first-order valence-electron chi connectivity index (χ1n) is 8.99. The summed E-state index contributed by atoms with van der Waals surface area (Å²) in [6.45, 7) is 0.433. The molecule has 1 saturated heterocycles. The number of hydrogen-bond acceptors (Lipinski definition) is 3. The molecule has 0 saturated carbocycles. The molecule has 4 amide bonds. The van der Waals surface area contributed by atoms with Gasteiger partial charge in [-0.15, -0.1) is 0 Å². The molecule has 30 heavy (non-hydrogen) atoms. The number of benzene rings is 2. The fraction of sp³-hybridized carbons (Fsp3) is 0.0455. The molecule has 0 unspecified atom stereocenters. The van der Waals surface area contributed by atoms with Gasteiger partial charge in [-0.25, -0.2) is 14.1 Å². The van der Waals surface area contributed by atoms with E-state index in [2.05, 4.69) is 5.32 Å². The first kappa shape index (κ1) is 19.6. The van der Waals surface area contributed by atoms with E-state index in [4.69, 9.17) is 11.6 Å². The fourth-order valence-electron chi connectivity index (χ4n) is 3.14. The molecule has 0 atom stereocenters. The normalized spacial score (nSPS) is 15.6. The summed E-state index contributed by atoms with van der Waals surface area (Å²) in [5.74, 6) is -2.09. The second-order valence-corrected chi connectivity index (χ2v) is 6.99. The van der Waals surface area contributed by atoms with Crippen LogP contribution in [0.5, 0.6) is 0 Å². The van der Waals surface area contributed by atoms with Gasteiger partial charge < -0.3 is 4.57 Å². The first-order chi connectivity index (χ1) is 14.4. The van der Waals surface area contributed by atoms with Crippen LogP contribution in [0.1, 0.15) is 11.3 Å². The molecule has 1 N–H and O–H groups in total. The van der Waals surface area contributed by atoms with E-state index in [1.54, 1.807) is 24.4 Å². The largest absolute Gasteiger partial charge is 0.343 e. The predicted molar refractivity (Wildman–Crippen MR) is 110 cm³/mol. The Morgan fingerprint density at radius 3 is 2.43 bits per heavy atom. The average Bonchev–Trinajstić information content (AvgIpc) is 3.15. The Bertz CT molecular complexity index is 1180. The number of hydrogen-bond donors (Lipinski definition) is 1. The van der Waals surface area contributed by atoms with Crippen molar-refractivity contribution in [2.75, 3.05) is 4.90 Å². The van der Waals surface area contributed by atoms with E-state index in [1.165, 1.54) is 18.2 Å². The first-order valence-corrected chi connectivity index (χ1v) is 9.37. The van der Waals surface area contributed by atoms with Crippen LogP contribution in [0.25, 0.3) is 6.08 Å². The maximum Gasteiger partial charge on any atom is 0.335 e. The molecule has 1 fully saturated rings. The molecule has 0 bridgehead atoms. The molecule has 0 aliphatic carbocycles. The Balaban J connectivity index is 1.68. The molecule has 1 aromatic heterocycles. The van der Waals surface area contributed by atoms with E-state index < -0.39 is 23.7 Å². The number of urea groups is 1. The highest BCUT2D eigenvalue weighted by atomic mass is 35.5. The van der Waals surface area contributed by atoms with E-state index in [9.17, 15) is 18.8 Å². The van der Waals surface area contributed by atoms with Gasteiger partial charge in [0.1, 0.15) is 11.4 Å². The lowest BCUT2D eigenvalue weighted by molar-refractivity contribution is -0.122. The molecule has 4 rings (SSSR count). The van der Waals surface area contributed by atoms with Gasteiger partial charge in [0, 0.05) is 23.5 Å². The third-order valence-corrected chi connectivity index (χ3v) is 5.01. The van der Waals surface area contributed by atoms with Crippen LogP contribution in [0.2, 0.25) is 5.02 Å². The number of imide groups is 2. The molecule has 2 aromatic carbocycles. The summed E-state index contributed by atoms with van der Waals surface area (Å²) in [7, 11) is 0. The van der Waals surface area contributed by atoms with Crippen molar-refractivity contribution in [3.63, 3.8) is 0 Å². The molecule has 3 aromatic rings. The van der Waals surface area contributed by atoms with Crippen molar-refractivity contribution < 1.29 is 18.8 Å². The second-order valence-electron chi connectivity index (χ2n) is 6.59. The molecular weight excluding hydrogens is 409 g/mol.